The number of aryl methyl sites for hydroxylation is 2. The van der Waals surface area contributed by atoms with Gasteiger partial charge in [0.2, 0.25) is 5.89 Å². The molecule has 7 heteroatoms. The molecule has 7 nitrogen and oxygen atoms in total. The Bertz CT molecular complexity index is 1150. The Balaban J connectivity index is 1.46. The van der Waals surface area contributed by atoms with Gasteiger partial charge in [0.1, 0.15) is 5.69 Å². The highest BCUT2D eigenvalue weighted by Crippen LogP contribution is 2.36. The Hall–Kier alpha value is -2.96. The molecule has 180 valence electrons. The van der Waals surface area contributed by atoms with E-state index in [4.69, 9.17) is 9.52 Å². The number of hydrogen-bond donors (Lipinski definition) is 0. The molecule has 2 aromatic heterocycles. The van der Waals surface area contributed by atoms with Crippen LogP contribution in [0, 0.1) is 18.8 Å². The van der Waals surface area contributed by atoms with Crippen LogP contribution in [0.5, 0.6) is 0 Å². The number of fused-ring (bicyclic) bond motifs is 1. The third-order valence-electron chi connectivity index (χ3n) is 7.35. The smallest absolute Gasteiger partial charge is 0.268 e. The normalized spacial score (nSPS) is 20.5. The van der Waals surface area contributed by atoms with E-state index in [1.54, 1.807) is 6.92 Å². The predicted molar refractivity (Wildman–Crippen MR) is 131 cm³/mol. The summed E-state index contributed by atoms with van der Waals surface area (Å²) in [5.74, 6) is 2.34. The lowest BCUT2D eigenvalue weighted by atomic mass is 9.78. The molecule has 0 radical (unpaired) electrons. The molecule has 2 aliphatic rings. The van der Waals surface area contributed by atoms with Gasteiger partial charge in [-0.2, -0.15) is 5.10 Å². The third-order valence-corrected chi connectivity index (χ3v) is 7.35. The number of amides is 1. The van der Waals surface area contributed by atoms with E-state index >= 15 is 0 Å². The molecule has 1 saturated heterocycles. The molecule has 3 aromatic rings. The van der Waals surface area contributed by atoms with Crippen LogP contribution < -0.4 is 0 Å². The molecular formula is C27H35N5O2. The van der Waals surface area contributed by atoms with Crippen molar-refractivity contribution >= 4 is 5.91 Å². The number of piperidine rings is 1. The molecule has 0 spiro atoms. The van der Waals surface area contributed by atoms with Crippen molar-refractivity contribution in [2.45, 2.75) is 78.2 Å². The summed E-state index contributed by atoms with van der Waals surface area (Å²) in [4.78, 5) is 15.8. The molecule has 1 aromatic carbocycles. The average molecular weight is 462 g/mol. The van der Waals surface area contributed by atoms with Crippen LogP contribution in [0.1, 0.15) is 80.7 Å². The SMILES string of the molecule is Cc1nnc(-c2cc(CCC(C)C)n(-c3cccc(C(=O)N4CCC[C@H]5CCCC[C@@H]54)c3)n2)o1. The summed E-state index contributed by atoms with van der Waals surface area (Å²) >= 11 is 0. The van der Waals surface area contributed by atoms with Crippen LogP contribution in [0.25, 0.3) is 17.3 Å². The molecule has 0 N–H and O–H groups in total. The first-order chi connectivity index (χ1) is 16.5. The fraction of sp³-hybridized carbons (Fsp3) is 0.556. The number of carbonyl (C=O) groups is 1. The van der Waals surface area contributed by atoms with Gasteiger partial charge in [-0.25, -0.2) is 4.68 Å². The highest BCUT2D eigenvalue weighted by Gasteiger charge is 2.36. The first-order valence-electron chi connectivity index (χ1n) is 12.8. The van der Waals surface area contributed by atoms with Crippen LogP contribution >= 0.6 is 0 Å². The summed E-state index contributed by atoms with van der Waals surface area (Å²) < 4.78 is 7.57. The zero-order valence-electron chi connectivity index (χ0n) is 20.5. The maximum Gasteiger partial charge on any atom is 0.268 e. The average Bonchev–Trinajstić information content (AvgIpc) is 3.48. The number of likely N-dealkylation sites (tertiary alicyclic amines) is 1. The standard InChI is InChI=1S/C27H35N5O2/c1-18(2)13-14-23-17-24(26-29-28-19(3)34-26)30-32(23)22-11-6-9-21(16-22)27(33)31-15-7-10-20-8-4-5-12-25(20)31/h6,9,11,16-18,20,25H,4-5,7-8,10,12-15H2,1-3H3/t20-,25+/m1/s1. The van der Waals surface area contributed by atoms with E-state index in [2.05, 4.69) is 28.9 Å². The molecule has 1 aliphatic carbocycles. The number of aromatic nitrogens is 4. The summed E-state index contributed by atoms with van der Waals surface area (Å²) in [6, 6.07) is 10.3. The van der Waals surface area contributed by atoms with Gasteiger partial charge in [-0.1, -0.05) is 32.8 Å². The van der Waals surface area contributed by atoms with Crippen molar-refractivity contribution < 1.29 is 9.21 Å². The monoisotopic (exact) mass is 461 g/mol. The van der Waals surface area contributed by atoms with Gasteiger partial charge in [-0.05, 0) is 74.6 Å². The fourth-order valence-corrected chi connectivity index (χ4v) is 5.58. The van der Waals surface area contributed by atoms with E-state index in [0.29, 0.717) is 35.4 Å². The predicted octanol–water partition coefficient (Wildman–Crippen LogP) is 5.61. The molecule has 0 bridgehead atoms. The fourth-order valence-electron chi connectivity index (χ4n) is 5.58. The van der Waals surface area contributed by atoms with E-state index in [0.717, 1.165) is 49.2 Å². The van der Waals surface area contributed by atoms with Gasteiger partial charge in [0.15, 0.2) is 0 Å². The van der Waals surface area contributed by atoms with E-state index in [1.807, 2.05) is 35.0 Å². The lowest BCUT2D eigenvalue weighted by Crippen LogP contribution is -2.49. The van der Waals surface area contributed by atoms with Crippen molar-refractivity contribution in [2.24, 2.45) is 11.8 Å². The number of rotatable bonds is 6. The lowest BCUT2D eigenvalue weighted by molar-refractivity contribution is 0.0390. The van der Waals surface area contributed by atoms with Gasteiger partial charge in [-0.15, -0.1) is 10.2 Å². The number of hydrogen-bond acceptors (Lipinski definition) is 5. The van der Waals surface area contributed by atoms with Crippen LogP contribution in [0.4, 0.5) is 0 Å². The molecule has 5 rings (SSSR count). The Kier molecular flexibility index (Phi) is 6.53. The molecule has 0 unspecified atom stereocenters. The molecule has 1 saturated carbocycles. The van der Waals surface area contributed by atoms with Crippen LogP contribution in [0.2, 0.25) is 0 Å². The molecule has 34 heavy (non-hydrogen) atoms. The Labute approximate surface area is 201 Å². The zero-order chi connectivity index (χ0) is 23.7. The summed E-state index contributed by atoms with van der Waals surface area (Å²) in [7, 11) is 0. The van der Waals surface area contributed by atoms with Crippen LogP contribution in [0.15, 0.2) is 34.7 Å². The molecule has 1 aliphatic heterocycles. The minimum atomic E-state index is 0.155. The van der Waals surface area contributed by atoms with Gasteiger partial charge in [-0.3, -0.25) is 4.79 Å². The van der Waals surface area contributed by atoms with Crippen molar-refractivity contribution in [1.29, 1.82) is 0 Å². The molecule has 1 amide bonds. The van der Waals surface area contributed by atoms with Gasteiger partial charge < -0.3 is 9.32 Å². The summed E-state index contributed by atoms with van der Waals surface area (Å²) in [5, 5.41) is 12.9. The Morgan fingerprint density at radius 3 is 2.74 bits per heavy atom. The Morgan fingerprint density at radius 1 is 1.12 bits per heavy atom. The van der Waals surface area contributed by atoms with Crippen molar-refractivity contribution in [3.8, 4) is 17.3 Å². The van der Waals surface area contributed by atoms with Gasteiger partial charge in [0.25, 0.3) is 11.8 Å². The molecule has 3 heterocycles. The maximum atomic E-state index is 13.6. The van der Waals surface area contributed by atoms with E-state index < -0.39 is 0 Å². The van der Waals surface area contributed by atoms with Gasteiger partial charge in [0.05, 0.1) is 5.69 Å². The first-order valence-corrected chi connectivity index (χ1v) is 12.8. The second-order valence-corrected chi connectivity index (χ2v) is 10.3. The highest BCUT2D eigenvalue weighted by molar-refractivity contribution is 5.95. The van der Waals surface area contributed by atoms with Crippen LogP contribution in [0.3, 0.4) is 0 Å². The zero-order valence-corrected chi connectivity index (χ0v) is 20.5. The molecular weight excluding hydrogens is 426 g/mol. The minimum absolute atomic E-state index is 0.155. The van der Waals surface area contributed by atoms with E-state index in [9.17, 15) is 4.79 Å². The quantitative estimate of drug-likeness (QED) is 0.476. The largest absolute Gasteiger partial charge is 0.420 e. The first kappa shape index (κ1) is 22.8. The second-order valence-electron chi connectivity index (χ2n) is 10.3. The van der Waals surface area contributed by atoms with Crippen molar-refractivity contribution in [2.75, 3.05) is 6.54 Å². The van der Waals surface area contributed by atoms with Gasteiger partial charge in [0, 0.05) is 30.8 Å². The minimum Gasteiger partial charge on any atom is -0.420 e. The van der Waals surface area contributed by atoms with Crippen molar-refractivity contribution in [3.63, 3.8) is 0 Å². The maximum absolute atomic E-state index is 13.6. The van der Waals surface area contributed by atoms with E-state index in [-0.39, 0.29) is 5.91 Å². The lowest BCUT2D eigenvalue weighted by Gasteiger charge is -2.44. The van der Waals surface area contributed by atoms with Crippen LogP contribution in [-0.4, -0.2) is 43.4 Å². The summed E-state index contributed by atoms with van der Waals surface area (Å²) in [6.07, 6.45) is 9.24. The third kappa shape index (κ3) is 4.65. The number of benzene rings is 1. The van der Waals surface area contributed by atoms with Crippen molar-refractivity contribution in [1.82, 2.24) is 24.9 Å². The summed E-state index contributed by atoms with van der Waals surface area (Å²) in [6.45, 7) is 7.09. The Morgan fingerprint density at radius 2 is 1.94 bits per heavy atom. The van der Waals surface area contributed by atoms with Crippen LogP contribution in [-0.2, 0) is 6.42 Å². The van der Waals surface area contributed by atoms with Crippen molar-refractivity contribution in [3.05, 3.63) is 47.5 Å². The second kappa shape index (κ2) is 9.72. The van der Waals surface area contributed by atoms with E-state index in [1.165, 1.54) is 25.7 Å². The number of carbonyl (C=O) groups excluding carboxylic acids is 1. The molecule has 2 atom stereocenters. The summed E-state index contributed by atoms with van der Waals surface area (Å²) in [5.41, 5.74) is 3.38. The topological polar surface area (TPSA) is 77.1 Å². The molecule has 2 fully saturated rings. The number of nitrogens with zero attached hydrogens (tertiary/aromatic N) is 5. The highest BCUT2D eigenvalue weighted by atomic mass is 16.4. The van der Waals surface area contributed by atoms with Gasteiger partial charge >= 0.3 is 0 Å².